The Morgan fingerprint density at radius 2 is 1.93 bits per heavy atom. The molecule has 0 aliphatic carbocycles. The van der Waals surface area contributed by atoms with E-state index in [1.54, 1.807) is 12.1 Å². The van der Waals surface area contributed by atoms with Crippen LogP contribution in [0.4, 0.5) is 13.2 Å². The summed E-state index contributed by atoms with van der Waals surface area (Å²) in [5.41, 5.74) is 0.688. The van der Waals surface area contributed by atoms with Gasteiger partial charge in [0, 0.05) is 30.6 Å². The highest BCUT2D eigenvalue weighted by Crippen LogP contribution is 2.30. The van der Waals surface area contributed by atoms with Crippen molar-refractivity contribution in [1.29, 1.82) is 0 Å². The molecule has 0 atom stereocenters. The van der Waals surface area contributed by atoms with Crippen LogP contribution in [0.3, 0.4) is 0 Å². The van der Waals surface area contributed by atoms with Crippen molar-refractivity contribution in [3.05, 3.63) is 51.5 Å². The second kappa shape index (κ2) is 12.0. The number of aromatic nitrogens is 1. The summed E-state index contributed by atoms with van der Waals surface area (Å²) in [7, 11) is 0. The first-order valence-electron chi connectivity index (χ1n) is 8.68. The fourth-order valence-electron chi connectivity index (χ4n) is 2.25. The highest BCUT2D eigenvalue weighted by atomic mass is 127. The van der Waals surface area contributed by atoms with Gasteiger partial charge in [0.2, 0.25) is 0 Å². The first-order valence-corrected chi connectivity index (χ1v) is 9.56. The van der Waals surface area contributed by atoms with Crippen molar-refractivity contribution >= 4 is 47.2 Å². The highest BCUT2D eigenvalue weighted by Gasteiger charge is 2.33. The molecule has 29 heavy (non-hydrogen) atoms. The van der Waals surface area contributed by atoms with Gasteiger partial charge in [-0.25, -0.2) is 9.98 Å². The van der Waals surface area contributed by atoms with E-state index < -0.39 is 11.9 Å². The number of alkyl halides is 3. The molecule has 6 nitrogen and oxygen atoms in total. The number of thiazole rings is 1. The molecule has 2 aromatic rings. The second-order valence-corrected chi connectivity index (χ2v) is 6.81. The topological polar surface area (TPSA) is 78.4 Å². The van der Waals surface area contributed by atoms with Crippen LogP contribution in [0.25, 0.3) is 0 Å². The number of hydrogen-bond donors (Lipinski definition) is 3. The molecule has 1 amide bonds. The molecule has 0 spiro atoms. The lowest BCUT2D eigenvalue weighted by Gasteiger charge is -2.11. The number of halogens is 4. The Hall–Kier alpha value is -1.89. The van der Waals surface area contributed by atoms with E-state index in [0.717, 1.165) is 22.3 Å². The monoisotopic (exact) mass is 541 g/mol. The minimum Gasteiger partial charge on any atom is -0.357 e. The van der Waals surface area contributed by atoms with Crippen molar-refractivity contribution in [2.75, 3.05) is 19.6 Å². The molecule has 0 bridgehead atoms. The summed E-state index contributed by atoms with van der Waals surface area (Å²) < 4.78 is 37.8. The Balaban J connectivity index is 0.00000420. The predicted octanol–water partition coefficient (Wildman–Crippen LogP) is 3.57. The molecule has 0 unspecified atom stereocenters. The van der Waals surface area contributed by atoms with Gasteiger partial charge in [0.1, 0.15) is 5.01 Å². The zero-order valence-corrected chi connectivity index (χ0v) is 19.1. The van der Waals surface area contributed by atoms with Crippen LogP contribution in [-0.2, 0) is 12.7 Å². The number of nitrogens with one attached hydrogen (secondary N) is 3. The molecule has 11 heteroatoms. The fourth-order valence-corrected chi connectivity index (χ4v) is 2.97. The third-order valence-corrected chi connectivity index (χ3v) is 4.38. The summed E-state index contributed by atoms with van der Waals surface area (Å²) in [6, 6.07) is 7.28. The third-order valence-electron chi connectivity index (χ3n) is 3.54. The molecule has 0 fully saturated rings. The van der Waals surface area contributed by atoms with Gasteiger partial charge in [-0.05, 0) is 26.0 Å². The lowest BCUT2D eigenvalue weighted by Crippen LogP contribution is -2.41. The zero-order chi connectivity index (χ0) is 20.6. The van der Waals surface area contributed by atoms with E-state index in [2.05, 4.69) is 25.9 Å². The molecule has 3 N–H and O–H groups in total. The third kappa shape index (κ3) is 8.56. The normalized spacial score (nSPS) is 11.6. The summed E-state index contributed by atoms with van der Waals surface area (Å²) in [5.74, 6) is 0.269. The van der Waals surface area contributed by atoms with Crippen LogP contribution < -0.4 is 16.0 Å². The smallest absolute Gasteiger partial charge is 0.357 e. The summed E-state index contributed by atoms with van der Waals surface area (Å²) in [5, 5.41) is 10.1. The van der Waals surface area contributed by atoms with E-state index in [1.807, 2.05) is 26.0 Å². The van der Waals surface area contributed by atoms with Crippen molar-refractivity contribution in [1.82, 2.24) is 20.9 Å². The number of guanidine groups is 1. The van der Waals surface area contributed by atoms with Crippen LogP contribution in [0.1, 0.15) is 33.5 Å². The van der Waals surface area contributed by atoms with E-state index in [1.165, 1.54) is 0 Å². The molecular weight excluding hydrogens is 518 g/mol. The standard InChI is InChI=1S/C18H22F3N5OS.HI/c1-3-22-17(25-10-15-26-14(11-28-15)18(19,20)21)24-8-7-23-16(27)13-6-4-5-12(2)9-13;/h4-6,9,11H,3,7-8,10H2,1-2H3,(H,23,27)(H2,22,24,25);1H. The number of aliphatic imine (C=N–C) groups is 1. The Morgan fingerprint density at radius 3 is 2.55 bits per heavy atom. The fraction of sp³-hybridized carbons (Fsp3) is 0.389. The molecule has 0 saturated heterocycles. The number of carbonyl (C=O) groups excluding carboxylic acids is 1. The molecule has 0 aliphatic heterocycles. The molecule has 2 rings (SSSR count). The Kier molecular flexibility index (Phi) is 10.4. The maximum absolute atomic E-state index is 12.6. The maximum Gasteiger partial charge on any atom is 0.434 e. The number of hydrogen-bond acceptors (Lipinski definition) is 4. The molecular formula is C18H23F3IN5OS. The van der Waals surface area contributed by atoms with E-state index in [4.69, 9.17) is 0 Å². The van der Waals surface area contributed by atoms with Crippen LogP contribution in [0, 0.1) is 6.92 Å². The summed E-state index contributed by atoms with van der Waals surface area (Å²) >= 11 is 0.917. The molecule has 0 aliphatic rings. The first kappa shape index (κ1) is 25.1. The Bertz CT molecular complexity index is 826. The summed E-state index contributed by atoms with van der Waals surface area (Å²) in [6.07, 6.45) is -4.45. The molecule has 0 radical (unpaired) electrons. The number of aryl methyl sites for hydroxylation is 1. The van der Waals surface area contributed by atoms with Crippen molar-refractivity contribution in [2.45, 2.75) is 26.6 Å². The average Bonchev–Trinajstić information content (AvgIpc) is 3.12. The first-order chi connectivity index (χ1) is 13.3. The van der Waals surface area contributed by atoms with Gasteiger partial charge in [0.15, 0.2) is 11.7 Å². The highest BCUT2D eigenvalue weighted by molar-refractivity contribution is 14.0. The van der Waals surface area contributed by atoms with Gasteiger partial charge in [-0.15, -0.1) is 35.3 Å². The maximum atomic E-state index is 12.6. The van der Waals surface area contributed by atoms with Crippen LogP contribution in [-0.4, -0.2) is 36.5 Å². The van der Waals surface area contributed by atoms with E-state index >= 15 is 0 Å². The predicted molar refractivity (Wildman–Crippen MR) is 119 cm³/mol. The molecule has 0 saturated carbocycles. The van der Waals surface area contributed by atoms with E-state index in [9.17, 15) is 18.0 Å². The molecule has 1 aromatic heterocycles. The van der Waals surface area contributed by atoms with Crippen molar-refractivity contribution < 1.29 is 18.0 Å². The van der Waals surface area contributed by atoms with Crippen molar-refractivity contribution in [3.63, 3.8) is 0 Å². The van der Waals surface area contributed by atoms with Crippen LogP contribution in [0.5, 0.6) is 0 Å². The molecule has 1 aromatic carbocycles. The Morgan fingerprint density at radius 1 is 1.21 bits per heavy atom. The van der Waals surface area contributed by atoms with E-state index in [-0.39, 0.29) is 41.4 Å². The van der Waals surface area contributed by atoms with Crippen LogP contribution >= 0.6 is 35.3 Å². The number of nitrogens with zero attached hydrogens (tertiary/aromatic N) is 2. The van der Waals surface area contributed by atoms with Crippen LogP contribution in [0.2, 0.25) is 0 Å². The van der Waals surface area contributed by atoms with Crippen LogP contribution in [0.15, 0.2) is 34.6 Å². The second-order valence-electron chi connectivity index (χ2n) is 5.87. The lowest BCUT2D eigenvalue weighted by molar-refractivity contribution is -0.140. The van der Waals surface area contributed by atoms with Crippen molar-refractivity contribution in [2.24, 2.45) is 4.99 Å². The molecule has 1 heterocycles. The quantitative estimate of drug-likeness (QED) is 0.217. The van der Waals surface area contributed by atoms with Gasteiger partial charge < -0.3 is 16.0 Å². The van der Waals surface area contributed by atoms with Gasteiger partial charge in [-0.1, -0.05) is 17.7 Å². The molecule has 160 valence electrons. The average molecular weight is 541 g/mol. The number of rotatable bonds is 7. The lowest BCUT2D eigenvalue weighted by atomic mass is 10.1. The summed E-state index contributed by atoms with van der Waals surface area (Å²) in [6.45, 7) is 5.19. The van der Waals surface area contributed by atoms with E-state index in [0.29, 0.717) is 31.2 Å². The van der Waals surface area contributed by atoms with Gasteiger partial charge in [0.25, 0.3) is 5.91 Å². The summed E-state index contributed by atoms with van der Waals surface area (Å²) in [4.78, 5) is 19.9. The van der Waals surface area contributed by atoms with Gasteiger partial charge in [-0.3, -0.25) is 4.79 Å². The van der Waals surface area contributed by atoms with Gasteiger partial charge in [0.05, 0.1) is 6.54 Å². The number of benzene rings is 1. The minimum atomic E-state index is -4.45. The van der Waals surface area contributed by atoms with Crippen molar-refractivity contribution in [3.8, 4) is 0 Å². The van der Waals surface area contributed by atoms with Gasteiger partial charge in [-0.2, -0.15) is 13.2 Å². The minimum absolute atomic E-state index is 0. The SMILES string of the molecule is CCNC(=NCc1nc(C(F)(F)F)cs1)NCCNC(=O)c1cccc(C)c1.I. The largest absolute Gasteiger partial charge is 0.434 e. The number of carbonyl (C=O) groups is 1. The Labute approximate surface area is 188 Å². The van der Waals surface area contributed by atoms with Gasteiger partial charge >= 0.3 is 6.18 Å². The zero-order valence-electron chi connectivity index (χ0n) is 16.0. The number of amides is 1.